The summed E-state index contributed by atoms with van der Waals surface area (Å²) < 4.78 is 0. The van der Waals surface area contributed by atoms with Gasteiger partial charge in [0.15, 0.2) is 0 Å². The lowest BCUT2D eigenvalue weighted by Crippen LogP contribution is -2.48. The third kappa shape index (κ3) is 7.61. The molecule has 0 aliphatic rings. The highest BCUT2D eigenvalue weighted by Crippen LogP contribution is 2.17. The average Bonchev–Trinajstić information content (AvgIpc) is 2.84. The summed E-state index contributed by atoms with van der Waals surface area (Å²) in [5, 5.41) is 8.12. The van der Waals surface area contributed by atoms with Gasteiger partial charge in [-0.15, -0.1) is 0 Å². The molecule has 4 N–H and O–H groups in total. The molecular formula is C27H34N4O2. The van der Waals surface area contributed by atoms with Gasteiger partial charge in [0.1, 0.15) is 6.04 Å². The van der Waals surface area contributed by atoms with Crippen molar-refractivity contribution in [3.05, 3.63) is 78.4 Å². The van der Waals surface area contributed by atoms with Gasteiger partial charge in [-0.1, -0.05) is 60.7 Å². The molecular weight excluding hydrogens is 412 g/mol. The number of fused-ring (bicyclic) bond motifs is 1. The number of rotatable bonds is 12. The molecule has 0 saturated carbocycles. The van der Waals surface area contributed by atoms with Gasteiger partial charge in [0.2, 0.25) is 11.8 Å². The van der Waals surface area contributed by atoms with Crippen LogP contribution in [0.15, 0.2) is 72.8 Å². The van der Waals surface area contributed by atoms with Crippen LogP contribution in [0.25, 0.3) is 10.8 Å². The molecule has 6 heteroatoms. The predicted octanol–water partition coefficient (Wildman–Crippen LogP) is 3.25. The quantitative estimate of drug-likeness (QED) is 0.373. The minimum atomic E-state index is -0.622. The van der Waals surface area contributed by atoms with Gasteiger partial charge < -0.3 is 21.3 Å². The molecule has 0 heterocycles. The van der Waals surface area contributed by atoms with Crippen LogP contribution in [0, 0.1) is 0 Å². The molecule has 0 aliphatic carbocycles. The summed E-state index contributed by atoms with van der Waals surface area (Å²) in [6, 6.07) is 23.7. The number of para-hydroxylation sites is 1. The first-order valence-corrected chi connectivity index (χ1v) is 11.6. The van der Waals surface area contributed by atoms with Crippen molar-refractivity contribution in [3.8, 4) is 0 Å². The average molecular weight is 447 g/mol. The highest BCUT2D eigenvalue weighted by Gasteiger charge is 2.21. The standard InChI is InChI=1S/C27H34N4O2/c1-31(24-11-3-2-4-12-24)18-7-13-26(32)30-25(27(33)29-17-8-16-28)20-21-14-15-22-9-5-6-10-23(22)19-21/h2-6,9-12,14-15,19,25H,7-8,13,16-18,20,28H2,1H3,(H,29,33)(H,30,32)/t25-/m1/s1. The number of nitrogens with two attached hydrogens (primary N) is 1. The van der Waals surface area contributed by atoms with E-state index in [1.165, 1.54) is 0 Å². The number of hydrogen-bond acceptors (Lipinski definition) is 4. The van der Waals surface area contributed by atoms with Crippen molar-refractivity contribution in [2.24, 2.45) is 5.73 Å². The lowest BCUT2D eigenvalue weighted by atomic mass is 10.0. The molecule has 2 amide bonds. The minimum Gasteiger partial charge on any atom is -0.375 e. The fourth-order valence-corrected chi connectivity index (χ4v) is 3.80. The van der Waals surface area contributed by atoms with E-state index in [2.05, 4.69) is 39.8 Å². The van der Waals surface area contributed by atoms with Crippen LogP contribution in [0.1, 0.15) is 24.8 Å². The highest BCUT2D eigenvalue weighted by molar-refractivity contribution is 5.88. The predicted molar refractivity (Wildman–Crippen MR) is 135 cm³/mol. The van der Waals surface area contributed by atoms with Crippen molar-refractivity contribution in [1.82, 2.24) is 10.6 Å². The van der Waals surface area contributed by atoms with Crippen LogP contribution < -0.4 is 21.3 Å². The maximum absolute atomic E-state index is 12.8. The lowest BCUT2D eigenvalue weighted by molar-refractivity contribution is -0.129. The molecule has 0 bridgehead atoms. The Hall–Kier alpha value is -3.38. The number of anilines is 1. The maximum atomic E-state index is 12.8. The minimum absolute atomic E-state index is 0.115. The van der Waals surface area contributed by atoms with E-state index in [4.69, 9.17) is 5.73 Å². The van der Waals surface area contributed by atoms with Crippen molar-refractivity contribution < 1.29 is 9.59 Å². The van der Waals surface area contributed by atoms with Gasteiger partial charge in [0.25, 0.3) is 0 Å². The van der Waals surface area contributed by atoms with Crippen molar-refractivity contribution in [2.75, 3.05) is 31.6 Å². The smallest absolute Gasteiger partial charge is 0.242 e. The molecule has 0 fully saturated rings. The van der Waals surface area contributed by atoms with E-state index in [0.29, 0.717) is 38.8 Å². The molecule has 174 valence electrons. The van der Waals surface area contributed by atoms with Crippen LogP contribution in [-0.4, -0.2) is 44.5 Å². The van der Waals surface area contributed by atoms with E-state index < -0.39 is 6.04 Å². The Kier molecular flexibility index (Phi) is 9.27. The number of nitrogens with one attached hydrogen (secondary N) is 2. The number of nitrogens with zero attached hydrogens (tertiary/aromatic N) is 1. The van der Waals surface area contributed by atoms with E-state index in [9.17, 15) is 9.59 Å². The van der Waals surface area contributed by atoms with Crippen molar-refractivity contribution in [3.63, 3.8) is 0 Å². The molecule has 0 saturated heterocycles. The van der Waals surface area contributed by atoms with Crippen LogP contribution in [0.4, 0.5) is 5.69 Å². The summed E-state index contributed by atoms with van der Waals surface area (Å²) in [5.74, 6) is -0.289. The van der Waals surface area contributed by atoms with E-state index >= 15 is 0 Å². The van der Waals surface area contributed by atoms with Crippen LogP contribution >= 0.6 is 0 Å². The normalized spacial score (nSPS) is 11.7. The van der Waals surface area contributed by atoms with Gasteiger partial charge in [0.05, 0.1) is 0 Å². The van der Waals surface area contributed by atoms with Gasteiger partial charge in [-0.2, -0.15) is 0 Å². The maximum Gasteiger partial charge on any atom is 0.242 e. The van der Waals surface area contributed by atoms with E-state index in [1.807, 2.05) is 55.6 Å². The molecule has 0 aliphatic heterocycles. The van der Waals surface area contributed by atoms with Crippen LogP contribution in [0.2, 0.25) is 0 Å². The summed E-state index contributed by atoms with van der Waals surface area (Å²) in [4.78, 5) is 27.6. The van der Waals surface area contributed by atoms with Crippen LogP contribution in [0.5, 0.6) is 0 Å². The Morgan fingerprint density at radius 2 is 1.67 bits per heavy atom. The molecule has 33 heavy (non-hydrogen) atoms. The molecule has 0 spiro atoms. The Labute approximate surface area is 196 Å². The van der Waals surface area contributed by atoms with Gasteiger partial charge >= 0.3 is 0 Å². The topological polar surface area (TPSA) is 87.5 Å². The number of carbonyl (C=O) groups is 2. The summed E-state index contributed by atoms with van der Waals surface area (Å²) in [7, 11) is 2.01. The number of amides is 2. The number of benzene rings is 3. The molecule has 1 atom stereocenters. The van der Waals surface area contributed by atoms with E-state index in [1.54, 1.807) is 0 Å². The first kappa shape index (κ1) is 24.3. The van der Waals surface area contributed by atoms with E-state index in [-0.39, 0.29) is 11.8 Å². The Morgan fingerprint density at radius 1 is 0.939 bits per heavy atom. The zero-order valence-electron chi connectivity index (χ0n) is 19.3. The van der Waals surface area contributed by atoms with Crippen LogP contribution in [0.3, 0.4) is 0 Å². The van der Waals surface area contributed by atoms with Gasteiger partial charge in [-0.3, -0.25) is 9.59 Å². The number of carbonyl (C=O) groups excluding carboxylic acids is 2. The van der Waals surface area contributed by atoms with Crippen LogP contribution in [-0.2, 0) is 16.0 Å². The number of hydrogen-bond donors (Lipinski definition) is 3. The molecule has 0 aromatic heterocycles. The van der Waals surface area contributed by atoms with Gasteiger partial charge in [-0.25, -0.2) is 0 Å². The summed E-state index contributed by atoms with van der Waals surface area (Å²) in [5.41, 5.74) is 7.67. The molecule has 3 aromatic carbocycles. The summed E-state index contributed by atoms with van der Waals surface area (Å²) in [6.07, 6.45) is 2.21. The van der Waals surface area contributed by atoms with Crippen molar-refractivity contribution >= 4 is 28.3 Å². The summed E-state index contributed by atoms with van der Waals surface area (Å²) >= 11 is 0. The summed E-state index contributed by atoms with van der Waals surface area (Å²) in [6.45, 7) is 1.77. The Balaban J connectivity index is 1.59. The fourth-order valence-electron chi connectivity index (χ4n) is 3.80. The molecule has 0 radical (unpaired) electrons. The molecule has 3 rings (SSSR count). The first-order valence-electron chi connectivity index (χ1n) is 11.6. The fraction of sp³-hybridized carbons (Fsp3) is 0.333. The van der Waals surface area contributed by atoms with Gasteiger partial charge in [0, 0.05) is 38.7 Å². The zero-order chi connectivity index (χ0) is 23.5. The van der Waals surface area contributed by atoms with Crippen molar-refractivity contribution in [1.29, 1.82) is 0 Å². The Bertz CT molecular complexity index is 1040. The first-order chi connectivity index (χ1) is 16.1. The van der Waals surface area contributed by atoms with Crippen molar-refractivity contribution in [2.45, 2.75) is 31.7 Å². The third-order valence-corrected chi connectivity index (χ3v) is 5.68. The highest BCUT2D eigenvalue weighted by atomic mass is 16.2. The third-order valence-electron chi connectivity index (χ3n) is 5.68. The largest absolute Gasteiger partial charge is 0.375 e. The monoisotopic (exact) mass is 446 g/mol. The molecule has 0 unspecified atom stereocenters. The molecule has 6 nitrogen and oxygen atoms in total. The SMILES string of the molecule is CN(CCCC(=O)N[C@H](Cc1ccc2ccccc2c1)C(=O)NCCCN)c1ccccc1. The van der Waals surface area contributed by atoms with Gasteiger partial charge in [-0.05, 0) is 47.9 Å². The molecule has 3 aromatic rings. The Morgan fingerprint density at radius 3 is 2.42 bits per heavy atom. The zero-order valence-corrected chi connectivity index (χ0v) is 19.3. The second-order valence-electron chi connectivity index (χ2n) is 8.30. The lowest BCUT2D eigenvalue weighted by Gasteiger charge is -2.21. The second kappa shape index (κ2) is 12.6. The van der Waals surface area contributed by atoms with E-state index in [0.717, 1.165) is 28.6 Å². The second-order valence-corrected chi connectivity index (χ2v) is 8.30.